The molecule has 1 aromatic rings. The summed E-state index contributed by atoms with van der Waals surface area (Å²) in [6.45, 7) is 26.3. The molecule has 0 heterocycles. The third kappa shape index (κ3) is 4.49. The van der Waals surface area contributed by atoms with Gasteiger partial charge in [0.15, 0.2) is 8.32 Å². The summed E-state index contributed by atoms with van der Waals surface area (Å²) >= 11 is 0. The van der Waals surface area contributed by atoms with Gasteiger partial charge >= 0.3 is 0 Å². The summed E-state index contributed by atoms with van der Waals surface area (Å²) in [7, 11) is -3.55. The van der Waals surface area contributed by atoms with Crippen LogP contribution in [-0.4, -0.2) is 22.7 Å². The number of hydrogen-bond donors (Lipinski definition) is 0. The molecule has 0 bridgehead atoms. The molecule has 2 nitrogen and oxygen atoms in total. The van der Waals surface area contributed by atoms with Crippen LogP contribution in [-0.2, 0) is 10.8 Å². The lowest BCUT2D eigenvalue weighted by Crippen LogP contribution is -2.50. The molecule has 0 N–H and O–H groups in total. The molecule has 192 valence electrons. The molecule has 3 aliphatic carbocycles. The van der Waals surface area contributed by atoms with Crippen molar-refractivity contribution in [3.63, 3.8) is 0 Å². The van der Waals surface area contributed by atoms with Crippen molar-refractivity contribution in [1.29, 1.82) is 0 Å². The summed E-state index contributed by atoms with van der Waals surface area (Å²) in [5.41, 5.74) is 3.56. The van der Waals surface area contributed by atoms with Crippen LogP contribution in [0.2, 0.25) is 36.3 Å². The summed E-state index contributed by atoms with van der Waals surface area (Å²) in [5, 5.41) is 0.514. The first kappa shape index (κ1) is 26.5. The van der Waals surface area contributed by atoms with Crippen molar-refractivity contribution in [2.45, 2.75) is 135 Å². The van der Waals surface area contributed by atoms with Gasteiger partial charge in [0.2, 0.25) is 8.32 Å². The molecule has 0 radical (unpaired) electrons. The van der Waals surface area contributed by atoms with Crippen molar-refractivity contribution >= 4 is 16.6 Å². The molecule has 0 aromatic heterocycles. The minimum absolute atomic E-state index is 0.229. The van der Waals surface area contributed by atoms with Gasteiger partial charge in [0.1, 0.15) is 5.75 Å². The molecular weight excluding hydrogens is 449 g/mol. The fourth-order valence-electron chi connectivity index (χ4n) is 6.75. The normalized spacial score (nSPS) is 32.1. The highest BCUT2D eigenvalue weighted by atomic mass is 28.4. The van der Waals surface area contributed by atoms with E-state index in [4.69, 9.17) is 8.85 Å². The Labute approximate surface area is 212 Å². The molecule has 4 rings (SSSR count). The molecular formula is C30H52O2Si2. The smallest absolute Gasteiger partial charge is 0.250 e. The second-order valence-electron chi connectivity index (χ2n) is 15.1. The molecule has 1 unspecified atom stereocenters. The average Bonchev–Trinajstić information content (AvgIpc) is 3.01. The number of hydrogen-bond acceptors (Lipinski definition) is 2. The van der Waals surface area contributed by atoms with Crippen LogP contribution >= 0.6 is 0 Å². The number of aryl methyl sites for hydroxylation is 1. The Morgan fingerprint density at radius 3 is 2.12 bits per heavy atom. The van der Waals surface area contributed by atoms with Gasteiger partial charge in [-0.1, -0.05) is 54.5 Å². The summed E-state index contributed by atoms with van der Waals surface area (Å²) < 4.78 is 13.8. The van der Waals surface area contributed by atoms with E-state index in [1.807, 2.05) is 0 Å². The summed E-state index contributed by atoms with van der Waals surface area (Å²) in [6, 6.07) is 7.13. The van der Waals surface area contributed by atoms with E-state index in [0.717, 1.165) is 23.5 Å². The van der Waals surface area contributed by atoms with Crippen molar-refractivity contribution < 1.29 is 8.85 Å². The molecule has 0 saturated heterocycles. The van der Waals surface area contributed by atoms with Gasteiger partial charge in [0.25, 0.3) is 0 Å². The van der Waals surface area contributed by atoms with Gasteiger partial charge in [0, 0.05) is 0 Å². The highest BCUT2D eigenvalue weighted by Gasteiger charge is 2.57. The zero-order valence-electron chi connectivity index (χ0n) is 24.1. The van der Waals surface area contributed by atoms with Crippen LogP contribution in [0.5, 0.6) is 5.75 Å². The fraction of sp³-hybridized carbons (Fsp3) is 0.800. The van der Waals surface area contributed by atoms with Crippen molar-refractivity contribution in [3.05, 3.63) is 29.3 Å². The molecule has 0 spiro atoms. The highest BCUT2D eigenvalue weighted by Crippen LogP contribution is 2.62. The number of fused-ring (bicyclic) bond motifs is 5. The number of benzene rings is 1. The highest BCUT2D eigenvalue weighted by molar-refractivity contribution is 6.75. The standard InChI is InChI=1S/C30H52O2Si2/c1-28(2,3)33(8,9)31-22-13-15-23-21(20-22)12-14-25-24(23)18-19-30(7)26(25)16-17-27(30)32-34(10,11)29(4,5)6/h13,15,20,24-27H,12,14,16-19H2,1-11H3/t24-,25-,26+,27?,30+/m1/s1. The van der Waals surface area contributed by atoms with E-state index in [0.29, 0.717) is 11.5 Å². The van der Waals surface area contributed by atoms with Crippen LogP contribution in [0.25, 0.3) is 0 Å². The second kappa shape index (κ2) is 8.48. The van der Waals surface area contributed by atoms with Gasteiger partial charge in [-0.3, -0.25) is 0 Å². The zero-order chi connectivity index (χ0) is 25.3. The maximum Gasteiger partial charge on any atom is 0.250 e. The predicted octanol–water partition coefficient (Wildman–Crippen LogP) is 9.32. The first-order chi connectivity index (χ1) is 15.5. The lowest BCUT2D eigenvalue weighted by molar-refractivity contribution is -0.0164. The van der Waals surface area contributed by atoms with Gasteiger partial charge in [-0.05, 0) is 121 Å². The minimum Gasteiger partial charge on any atom is -0.543 e. The first-order valence-corrected chi connectivity index (χ1v) is 19.8. The van der Waals surface area contributed by atoms with E-state index in [9.17, 15) is 0 Å². The van der Waals surface area contributed by atoms with Gasteiger partial charge in [-0.25, -0.2) is 0 Å². The van der Waals surface area contributed by atoms with Crippen LogP contribution in [0.4, 0.5) is 0 Å². The largest absolute Gasteiger partial charge is 0.543 e. The molecule has 0 aliphatic heterocycles. The monoisotopic (exact) mass is 500 g/mol. The van der Waals surface area contributed by atoms with Gasteiger partial charge in [0.05, 0.1) is 6.10 Å². The Bertz CT molecular complexity index is 907. The Morgan fingerprint density at radius 2 is 1.50 bits per heavy atom. The predicted molar refractivity (Wildman–Crippen MR) is 151 cm³/mol. The van der Waals surface area contributed by atoms with Crippen LogP contribution in [0.15, 0.2) is 18.2 Å². The minimum atomic E-state index is -1.80. The molecule has 34 heavy (non-hydrogen) atoms. The summed E-state index contributed by atoms with van der Waals surface area (Å²) in [5.74, 6) is 3.48. The Kier molecular flexibility index (Phi) is 6.60. The van der Waals surface area contributed by atoms with E-state index in [2.05, 4.69) is 92.9 Å². The topological polar surface area (TPSA) is 18.5 Å². The first-order valence-electron chi connectivity index (χ1n) is 14.0. The molecule has 4 heteroatoms. The van der Waals surface area contributed by atoms with Crippen molar-refractivity contribution in [2.24, 2.45) is 17.3 Å². The fourth-order valence-corrected chi connectivity index (χ4v) is 9.22. The third-order valence-electron chi connectivity index (χ3n) is 11.0. The van der Waals surface area contributed by atoms with Crippen LogP contribution in [0.1, 0.15) is 97.6 Å². The lowest BCUT2D eigenvalue weighted by Gasteiger charge is -2.52. The summed E-state index contributed by atoms with van der Waals surface area (Å²) in [6.07, 6.45) is 8.28. The maximum atomic E-state index is 7.10. The SMILES string of the molecule is CC(C)(C)[Si](C)(C)Oc1ccc2c(c1)CC[C@@H]1[C@@H]2CC[C@]2(C)C(O[Si](C)(C)C(C)(C)C)CC[C@@H]12. The quantitative estimate of drug-likeness (QED) is 0.383. The summed E-state index contributed by atoms with van der Waals surface area (Å²) in [4.78, 5) is 0. The molecule has 3 aliphatic rings. The van der Waals surface area contributed by atoms with Crippen LogP contribution in [0, 0.1) is 17.3 Å². The lowest BCUT2D eigenvalue weighted by atomic mass is 9.55. The van der Waals surface area contributed by atoms with E-state index in [-0.39, 0.29) is 10.1 Å². The van der Waals surface area contributed by atoms with E-state index in [1.54, 1.807) is 11.1 Å². The Balaban J connectivity index is 1.53. The molecule has 1 aromatic carbocycles. The van der Waals surface area contributed by atoms with Gasteiger partial charge < -0.3 is 8.85 Å². The third-order valence-corrected chi connectivity index (χ3v) is 19.9. The Hall–Kier alpha value is -0.586. The Morgan fingerprint density at radius 1 is 0.853 bits per heavy atom. The second-order valence-corrected chi connectivity index (χ2v) is 24.6. The molecule has 0 amide bonds. The van der Waals surface area contributed by atoms with E-state index in [1.165, 1.54) is 38.5 Å². The number of rotatable bonds is 4. The van der Waals surface area contributed by atoms with Crippen molar-refractivity contribution in [2.75, 3.05) is 0 Å². The molecule has 2 fully saturated rings. The van der Waals surface area contributed by atoms with Crippen molar-refractivity contribution in [3.8, 4) is 5.75 Å². The van der Waals surface area contributed by atoms with Crippen molar-refractivity contribution in [1.82, 2.24) is 0 Å². The van der Waals surface area contributed by atoms with Crippen LogP contribution < -0.4 is 4.43 Å². The zero-order valence-corrected chi connectivity index (χ0v) is 26.1. The van der Waals surface area contributed by atoms with E-state index < -0.39 is 16.6 Å². The van der Waals surface area contributed by atoms with Gasteiger partial charge in [-0.2, -0.15) is 0 Å². The van der Waals surface area contributed by atoms with Gasteiger partial charge in [-0.15, -0.1) is 0 Å². The average molecular weight is 501 g/mol. The maximum absolute atomic E-state index is 7.10. The van der Waals surface area contributed by atoms with Crippen LogP contribution in [0.3, 0.4) is 0 Å². The molecule has 5 atom stereocenters. The van der Waals surface area contributed by atoms with E-state index >= 15 is 0 Å². The molecule has 2 saturated carbocycles.